The molecule has 1 aromatic carbocycles. The van der Waals surface area contributed by atoms with Crippen molar-refractivity contribution in [2.45, 2.75) is 19.4 Å². The molecule has 182 valence electrons. The highest BCUT2D eigenvalue weighted by Crippen LogP contribution is 2.16. The average molecular weight is 478 g/mol. The van der Waals surface area contributed by atoms with E-state index in [0.29, 0.717) is 29.2 Å². The second kappa shape index (κ2) is 9.34. The van der Waals surface area contributed by atoms with Crippen molar-refractivity contribution in [3.63, 3.8) is 0 Å². The number of aryl methyl sites for hydroxylation is 1. The topological polar surface area (TPSA) is 127 Å². The van der Waals surface area contributed by atoms with Gasteiger partial charge in [0.1, 0.15) is 11.4 Å². The Balaban J connectivity index is 1.30. The molecular weight excluding hydrogens is 450 g/mol. The molecule has 1 aliphatic rings. The monoisotopic (exact) mass is 477 g/mol. The van der Waals surface area contributed by atoms with E-state index >= 15 is 0 Å². The summed E-state index contributed by atoms with van der Waals surface area (Å²) in [6, 6.07) is 8.37. The minimum atomic E-state index is -0.443. The second-order valence-corrected chi connectivity index (χ2v) is 9.00. The van der Waals surface area contributed by atoms with Crippen LogP contribution in [-0.4, -0.2) is 62.6 Å². The first kappa shape index (κ1) is 22.8. The van der Waals surface area contributed by atoms with Gasteiger partial charge in [-0.2, -0.15) is 5.10 Å². The highest BCUT2D eigenvalue weighted by molar-refractivity contribution is 5.98. The molecule has 0 spiro atoms. The molecule has 4 aromatic rings. The molecule has 0 unspecified atom stereocenters. The van der Waals surface area contributed by atoms with Crippen LogP contribution in [0.3, 0.4) is 0 Å². The smallest absolute Gasteiger partial charge is 0.408 e. The lowest BCUT2D eigenvalue weighted by Gasteiger charge is -2.28. The molecule has 3 aromatic heterocycles. The largest absolute Gasteiger partial charge is 0.419 e. The Bertz CT molecular complexity index is 1460. The summed E-state index contributed by atoms with van der Waals surface area (Å²) >= 11 is 0. The van der Waals surface area contributed by atoms with Crippen molar-refractivity contribution in [3.05, 3.63) is 64.0 Å². The minimum absolute atomic E-state index is 0.124. The molecule has 1 fully saturated rings. The molecule has 0 radical (unpaired) electrons. The summed E-state index contributed by atoms with van der Waals surface area (Å²) in [4.78, 5) is 44.3. The van der Waals surface area contributed by atoms with Crippen LogP contribution in [0.25, 0.3) is 16.7 Å². The zero-order valence-corrected chi connectivity index (χ0v) is 19.7. The van der Waals surface area contributed by atoms with E-state index in [4.69, 9.17) is 4.42 Å². The second-order valence-electron chi connectivity index (χ2n) is 9.00. The van der Waals surface area contributed by atoms with Gasteiger partial charge in [0.2, 0.25) is 0 Å². The minimum Gasteiger partial charge on any atom is -0.408 e. The number of oxazole rings is 1. The summed E-state index contributed by atoms with van der Waals surface area (Å²) < 4.78 is 7.99. The predicted molar refractivity (Wildman–Crippen MR) is 128 cm³/mol. The van der Waals surface area contributed by atoms with E-state index in [1.165, 1.54) is 15.1 Å². The number of fused-ring (bicyclic) bond motifs is 2. The normalized spacial score (nSPS) is 15.0. The average Bonchev–Trinajstić information content (AvgIpc) is 3.45. The predicted octanol–water partition coefficient (Wildman–Crippen LogP) is 1.18. The van der Waals surface area contributed by atoms with Crippen LogP contribution in [0.1, 0.15) is 39.4 Å². The number of aromatic nitrogens is 4. The van der Waals surface area contributed by atoms with Crippen molar-refractivity contribution in [2.75, 3.05) is 26.7 Å². The fourth-order valence-corrected chi connectivity index (χ4v) is 4.34. The van der Waals surface area contributed by atoms with Gasteiger partial charge in [0.25, 0.3) is 11.8 Å². The Kier molecular flexibility index (Phi) is 6.08. The first-order valence-electron chi connectivity index (χ1n) is 11.6. The van der Waals surface area contributed by atoms with Crippen LogP contribution in [0.4, 0.5) is 0 Å². The van der Waals surface area contributed by atoms with Crippen LogP contribution in [0.5, 0.6) is 0 Å². The van der Waals surface area contributed by atoms with Crippen LogP contribution in [0.2, 0.25) is 0 Å². The number of piperidine rings is 1. The lowest BCUT2D eigenvalue weighted by Crippen LogP contribution is -2.37. The highest BCUT2D eigenvalue weighted by atomic mass is 16.4. The number of likely N-dealkylation sites (tertiary alicyclic amines) is 1. The Morgan fingerprint density at radius 3 is 2.69 bits per heavy atom. The summed E-state index contributed by atoms with van der Waals surface area (Å²) in [5, 5.41) is 10.0. The van der Waals surface area contributed by atoms with Crippen LogP contribution in [-0.2, 0) is 13.6 Å². The van der Waals surface area contributed by atoms with Crippen molar-refractivity contribution in [1.29, 1.82) is 0 Å². The van der Waals surface area contributed by atoms with Crippen LogP contribution in [0.15, 0.2) is 45.7 Å². The van der Waals surface area contributed by atoms with Crippen LogP contribution in [0, 0.1) is 5.92 Å². The Morgan fingerprint density at radius 1 is 1.09 bits per heavy atom. The molecule has 1 saturated heterocycles. The summed E-state index contributed by atoms with van der Waals surface area (Å²) in [6.07, 6.45) is 3.62. The van der Waals surface area contributed by atoms with E-state index in [9.17, 15) is 14.4 Å². The number of carbonyl (C=O) groups is 2. The third kappa shape index (κ3) is 4.67. The molecule has 35 heavy (non-hydrogen) atoms. The molecule has 11 heteroatoms. The molecule has 11 nitrogen and oxygen atoms in total. The lowest BCUT2D eigenvalue weighted by molar-refractivity contribution is 0.0931. The standard InChI is InChI=1S/C24H27N7O4/c1-29-9-6-15(7-10-29)13-26-23(33)19-12-17(28-21-5-8-27-31(19)21)22(32)25-14-16-3-4-20-18(11-16)30(2)24(34)35-20/h3-5,8,11-12,15H,6-7,9-10,13-14H2,1-2H3,(H,25,32)(H,26,33). The van der Waals surface area contributed by atoms with Gasteiger partial charge in [-0.05, 0) is 56.6 Å². The maximum atomic E-state index is 13.0. The van der Waals surface area contributed by atoms with Crippen molar-refractivity contribution < 1.29 is 14.0 Å². The van der Waals surface area contributed by atoms with Crippen molar-refractivity contribution in [3.8, 4) is 0 Å². The fourth-order valence-electron chi connectivity index (χ4n) is 4.34. The van der Waals surface area contributed by atoms with Gasteiger partial charge in [-0.25, -0.2) is 14.3 Å². The van der Waals surface area contributed by atoms with Gasteiger partial charge < -0.3 is 20.0 Å². The molecular formula is C24H27N7O4. The van der Waals surface area contributed by atoms with Crippen molar-refractivity contribution in [1.82, 2.24) is 34.7 Å². The molecule has 5 rings (SSSR count). The number of rotatable bonds is 6. The number of carbonyl (C=O) groups excluding carboxylic acids is 2. The molecule has 4 heterocycles. The van der Waals surface area contributed by atoms with Gasteiger partial charge in [0.05, 0.1) is 11.7 Å². The van der Waals surface area contributed by atoms with Gasteiger partial charge in [-0.15, -0.1) is 0 Å². The number of nitrogens with one attached hydrogen (secondary N) is 2. The van der Waals surface area contributed by atoms with Gasteiger partial charge in [0.15, 0.2) is 11.2 Å². The zero-order valence-electron chi connectivity index (χ0n) is 19.7. The lowest BCUT2D eigenvalue weighted by atomic mass is 9.97. The summed E-state index contributed by atoms with van der Waals surface area (Å²) in [6.45, 7) is 2.84. The van der Waals surface area contributed by atoms with E-state index in [1.807, 2.05) is 0 Å². The number of hydrogen-bond donors (Lipinski definition) is 2. The van der Waals surface area contributed by atoms with Crippen LogP contribution >= 0.6 is 0 Å². The Labute approximate surface area is 200 Å². The molecule has 2 amide bonds. The summed E-state index contributed by atoms with van der Waals surface area (Å²) in [5.74, 6) is -0.722. The van der Waals surface area contributed by atoms with E-state index in [-0.39, 0.29) is 23.8 Å². The van der Waals surface area contributed by atoms with Gasteiger partial charge in [-0.1, -0.05) is 6.07 Å². The molecule has 0 saturated carbocycles. The Morgan fingerprint density at radius 2 is 1.89 bits per heavy atom. The number of nitrogens with zero attached hydrogens (tertiary/aromatic N) is 5. The third-order valence-electron chi connectivity index (χ3n) is 6.52. The number of benzene rings is 1. The quantitative estimate of drug-likeness (QED) is 0.427. The van der Waals surface area contributed by atoms with E-state index in [0.717, 1.165) is 31.5 Å². The fraction of sp³-hybridized carbons (Fsp3) is 0.375. The number of amides is 2. The molecule has 2 N–H and O–H groups in total. The van der Waals surface area contributed by atoms with Gasteiger partial charge in [-0.3, -0.25) is 14.2 Å². The van der Waals surface area contributed by atoms with Crippen molar-refractivity contribution >= 4 is 28.6 Å². The van der Waals surface area contributed by atoms with E-state index in [2.05, 4.69) is 32.7 Å². The van der Waals surface area contributed by atoms with Gasteiger partial charge >= 0.3 is 5.76 Å². The SMILES string of the molecule is CN1CCC(CNC(=O)c2cc(C(=O)NCc3ccc4oc(=O)n(C)c4c3)nc3ccnn23)CC1. The van der Waals surface area contributed by atoms with Crippen molar-refractivity contribution in [2.24, 2.45) is 13.0 Å². The molecule has 0 atom stereocenters. The molecule has 0 bridgehead atoms. The first-order chi connectivity index (χ1) is 16.9. The summed E-state index contributed by atoms with van der Waals surface area (Å²) in [5.41, 5.74) is 2.72. The van der Waals surface area contributed by atoms with Crippen LogP contribution < -0.4 is 16.4 Å². The third-order valence-corrected chi connectivity index (χ3v) is 6.52. The molecule has 0 aliphatic carbocycles. The van der Waals surface area contributed by atoms with Gasteiger partial charge in [0, 0.05) is 32.3 Å². The van der Waals surface area contributed by atoms with E-state index in [1.54, 1.807) is 37.5 Å². The maximum absolute atomic E-state index is 13.0. The first-order valence-corrected chi connectivity index (χ1v) is 11.6. The zero-order chi connectivity index (χ0) is 24.5. The maximum Gasteiger partial charge on any atom is 0.419 e. The van der Waals surface area contributed by atoms with E-state index < -0.39 is 11.7 Å². The highest BCUT2D eigenvalue weighted by Gasteiger charge is 2.21. The number of hydrogen-bond acceptors (Lipinski definition) is 7. The molecule has 1 aliphatic heterocycles. The Hall–Kier alpha value is -3.99. The summed E-state index contributed by atoms with van der Waals surface area (Å²) in [7, 11) is 3.73.